The van der Waals surface area contributed by atoms with Crippen molar-refractivity contribution in [2.75, 3.05) is 45.2 Å². The predicted octanol–water partition coefficient (Wildman–Crippen LogP) is 1.61. The van der Waals surface area contributed by atoms with Gasteiger partial charge in [0.1, 0.15) is 5.75 Å². The van der Waals surface area contributed by atoms with E-state index in [4.69, 9.17) is 17.0 Å². The van der Waals surface area contributed by atoms with Crippen LogP contribution in [0.3, 0.4) is 0 Å². The normalized spacial score (nSPS) is 16.2. The second-order valence-electron chi connectivity index (χ2n) is 6.36. The molecule has 0 saturated carbocycles. The van der Waals surface area contributed by atoms with Crippen molar-refractivity contribution in [2.45, 2.75) is 25.9 Å². The highest BCUT2D eigenvalue weighted by atomic mass is 32.1. The molecule has 0 aliphatic carbocycles. The van der Waals surface area contributed by atoms with E-state index in [1.165, 1.54) is 0 Å². The molecule has 0 aromatic heterocycles. The van der Waals surface area contributed by atoms with Gasteiger partial charge in [0.25, 0.3) is 5.91 Å². The lowest BCUT2D eigenvalue weighted by atomic mass is 10.2. The van der Waals surface area contributed by atoms with Crippen LogP contribution < -0.4 is 20.3 Å². The fraction of sp³-hybridized carbons (Fsp3) is 0.556. The van der Waals surface area contributed by atoms with Crippen molar-refractivity contribution in [2.24, 2.45) is 0 Å². The molecule has 1 heterocycles. The number of hydrogen-bond donors (Lipinski definition) is 2. The lowest BCUT2D eigenvalue weighted by Gasteiger charge is -2.35. The van der Waals surface area contributed by atoms with Crippen LogP contribution in [0.1, 0.15) is 19.8 Å². The third-order valence-electron chi connectivity index (χ3n) is 3.92. The number of fused-ring (bicyclic) bond motifs is 1. The number of thiocarbonyl (C=S) groups is 1. The SMILES string of the molecule is CCCNC(=O)[C@@H]1CN(C(=S)NCCCN(C)C)c2ccccc2O1. The fourth-order valence-corrected chi connectivity index (χ4v) is 2.89. The minimum atomic E-state index is -0.567. The lowest BCUT2D eigenvalue weighted by Crippen LogP contribution is -2.53. The van der Waals surface area contributed by atoms with Crippen LogP contribution in [-0.4, -0.2) is 62.3 Å². The smallest absolute Gasteiger partial charge is 0.262 e. The van der Waals surface area contributed by atoms with E-state index < -0.39 is 6.10 Å². The Morgan fingerprint density at radius 2 is 2.08 bits per heavy atom. The van der Waals surface area contributed by atoms with Crippen LogP contribution in [0.2, 0.25) is 0 Å². The summed E-state index contributed by atoms with van der Waals surface area (Å²) in [6, 6.07) is 7.68. The van der Waals surface area contributed by atoms with E-state index in [1.807, 2.05) is 36.1 Å². The molecule has 1 aliphatic heterocycles. The zero-order valence-corrected chi connectivity index (χ0v) is 16.1. The molecule has 0 unspecified atom stereocenters. The van der Waals surface area contributed by atoms with Crippen LogP contribution in [0.5, 0.6) is 5.75 Å². The number of carbonyl (C=O) groups excluding carboxylic acids is 1. The number of amides is 1. The minimum Gasteiger partial charge on any atom is -0.477 e. The molecule has 138 valence electrons. The van der Waals surface area contributed by atoms with Crippen molar-refractivity contribution in [1.29, 1.82) is 0 Å². The van der Waals surface area contributed by atoms with Crippen LogP contribution in [0, 0.1) is 0 Å². The number of benzene rings is 1. The molecular formula is C18H28N4O2S. The largest absolute Gasteiger partial charge is 0.477 e. The third kappa shape index (κ3) is 5.57. The summed E-state index contributed by atoms with van der Waals surface area (Å²) in [6.07, 6.45) is 1.33. The van der Waals surface area contributed by atoms with Gasteiger partial charge in [-0.15, -0.1) is 0 Å². The Balaban J connectivity index is 2.04. The molecule has 2 N–H and O–H groups in total. The average Bonchev–Trinajstić information content (AvgIpc) is 2.61. The zero-order valence-electron chi connectivity index (χ0n) is 15.2. The summed E-state index contributed by atoms with van der Waals surface area (Å²) in [5.74, 6) is 0.583. The summed E-state index contributed by atoms with van der Waals surface area (Å²) in [5, 5.41) is 6.82. The standard InChI is InChI=1S/C18H28N4O2S/c1-4-10-19-17(23)16-13-22(14-8-5-6-9-15(14)24-16)18(25)20-11-7-12-21(2)3/h5-6,8-9,16H,4,7,10-13H2,1-3H3,(H,19,23)(H,20,25)/t16-/m0/s1. The number of ether oxygens (including phenoxy) is 1. The van der Waals surface area contributed by atoms with Crippen molar-refractivity contribution < 1.29 is 9.53 Å². The number of hydrogen-bond acceptors (Lipinski definition) is 4. The van der Waals surface area contributed by atoms with Crippen LogP contribution in [0.25, 0.3) is 0 Å². The predicted molar refractivity (Wildman–Crippen MR) is 105 cm³/mol. The van der Waals surface area contributed by atoms with Crippen molar-refractivity contribution in [3.05, 3.63) is 24.3 Å². The Labute approximate surface area is 155 Å². The van der Waals surface area contributed by atoms with Gasteiger partial charge in [-0.25, -0.2) is 0 Å². The summed E-state index contributed by atoms with van der Waals surface area (Å²) in [6.45, 7) is 4.87. The Morgan fingerprint density at radius 1 is 1.32 bits per heavy atom. The van der Waals surface area contributed by atoms with E-state index in [9.17, 15) is 4.79 Å². The summed E-state index contributed by atoms with van der Waals surface area (Å²) in [7, 11) is 4.10. The Kier molecular flexibility index (Phi) is 7.46. The molecule has 1 atom stereocenters. The first-order valence-corrected chi connectivity index (χ1v) is 9.17. The molecule has 6 nitrogen and oxygen atoms in total. The number of carbonyl (C=O) groups is 1. The lowest BCUT2D eigenvalue weighted by molar-refractivity contribution is -0.127. The Bertz CT molecular complexity index is 594. The highest BCUT2D eigenvalue weighted by Gasteiger charge is 2.32. The molecule has 1 amide bonds. The van der Waals surface area contributed by atoms with Crippen LogP contribution in [0.4, 0.5) is 5.69 Å². The number of nitrogens with zero attached hydrogens (tertiary/aromatic N) is 2. The summed E-state index contributed by atoms with van der Waals surface area (Å²) in [5.41, 5.74) is 0.896. The van der Waals surface area contributed by atoms with Crippen molar-refractivity contribution in [3.63, 3.8) is 0 Å². The maximum Gasteiger partial charge on any atom is 0.262 e. The van der Waals surface area contributed by atoms with Crippen LogP contribution in [0.15, 0.2) is 24.3 Å². The van der Waals surface area contributed by atoms with Gasteiger partial charge in [0.15, 0.2) is 11.2 Å². The van der Waals surface area contributed by atoms with Gasteiger partial charge < -0.3 is 25.2 Å². The summed E-state index contributed by atoms with van der Waals surface area (Å²) < 4.78 is 5.88. The van der Waals surface area contributed by atoms with Gasteiger partial charge in [-0.2, -0.15) is 0 Å². The molecule has 2 rings (SSSR count). The fourth-order valence-electron chi connectivity index (χ4n) is 2.61. The third-order valence-corrected chi connectivity index (χ3v) is 4.28. The topological polar surface area (TPSA) is 56.8 Å². The van der Waals surface area contributed by atoms with Gasteiger partial charge in [0.05, 0.1) is 12.2 Å². The van der Waals surface area contributed by atoms with E-state index >= 15 is 0 Å². The quantitative estimate of drug-likeness (QED) is 0.566. The number of rotatable bonds is 7. The maximum absolute atomic E-state index is 12.3. The van der Waals surface area contributed by atoms with E-state index in [1.54, 1.807) is 0 Å². The van der Waals surface area contributed by atoms with E-state index in [0.717, 1.165) is 31.6 Å². The summed E-state index contributed by atoms with van der Waals surface area (Å²) in [4.78, 5) is 16.4. The number of nitrogens with one attached hydrogen (secondary N) is 2. The van der Waals surface area contributed by atoms with Gasteiger partial charge in [-0.1, -0.05) is 19.1 Å². The first-order chi connectivity index (χ1) is 12.0. The monoisotopic (exact) mass is 364 g/mol. The van der Waals surface area contributed by atoms with Gasteiger partial charge in [-0.3, -0.25) is 4.79 Å². The second kappa shape index (κ2) is 9.58. The van der Waals surface area contributed by atoms with Gasteiger partial charge >= 0.3 is 0 Å². The molecular weight excluding hydrogens is 336 g/mol. The molecule has 0 spiro atoms. The van der Waals surface area contributed by atoms with Crippen LogP contribution in [-0.2, 0) is 4.79 Å². The molecule has 1 aromatic rings. The molecule has 0 fully saturated rings. The number of para-hydroxylation sites is 2. The minimum absolute atomic E-state index is 0.100. The van der Waals surface area contributed by atoms with Crippen LogP contribution >= 0.6 is 12.2 Å². The molecule has 1 aliphatic rings. The second-order valence-corrected chi connectivity index (χ2v) is 6.75. The first kappa shape index (κ1) is 19.5. The highest BCUT2D eigenvalue weighted by molar-refractivity contribution is 7.80. The maximum atomic E-state index is 12.3. The van der Waals surface area contributed by atoms with Gasteiger partial charge in [0, 0.05) is 13.1 Å². The average molecular weight is 365 g/mol. The summed E-state index contributed by atoms with van der Waals surface area (Å²) >= 11 is 5.57. The molecule has 0 saturated heterocycles. The first-order valence-electron chi connectivity index (χ1n) is 8.76. The number of anilines is 1. The molecule has 0 radical (unpaired) electrons. The molecule has 1 aromatic carbocycles. The zero-order chi connectivity index (χ0) is 18.2. The Hall–Kier alpha value is -1.86. The van der Waals surface area contributed by atoms with E-state index in [-0.39, 0.29) is 5.91 Å². The molecule has 7 heteroatoms. The van der Waals surface area contributed by atoms with E-state index in [2.05, 4.69) is 29.6 Å². The van der Waals surface area contributed by atoms with Crippen molar-refractivity contribution >= 4 is 28.9 Å². The van der Waals surface area contributed by atoms with E-state index in [0.29, 0.717) is 24.0 Å². The van der Waals surface area contributed by atoms with Crippen molar-refractivity contribution in [1.82, 2.24) is 15.5 Å². The van der Waals surface area contributed by atoms with Crippen molar-refractivity contribution in [3.8, 4) is 5.75 Å². The molecule has 25 heavy (non-hydrogen) atoms. The van der Waals surface area contributed by atoms with Gasteiger partial charge in [-0.05, 0) is 57.8 Å². The van der Waals surface area contributed by atoms with Gasteiger partial charge in [0.2, 0.25) is 0 Å². The Morgan fingerprint density at radius 3 is 2.80 bits per heavy atom. The molecule has 0 bridgehead atoms. The highest BCUT2D eigenvalue weighted by Crippen LogP contribution is 2.33.